The Morgan fingerprint density at radius 3 is 1.90 bits per heavy atom. The third-order valence-corrected chi connectivity index (χ3v) is 7.95. The van der Waals surface area contributed by atoms with E-state index in [1.54, 1.807) is 58.3 Å². The number of anilines is 1. The maximum Gasteiger partial charge on any atom is 0.417 e. The summed E-state index contributed by atoms with van der Waals surface area (Å²) >= 11 is 18.2. The van der Waals surface area contributed by atoms with Crippen molar-refractivity contribution < 1.29 is 22.8 Å². The molecule has 1 spiro atoms. The second kappa shape index (κ2) is 10.5. The van der Waals surface area contributed by atoms with Gasteiger partial charge in [0.25, 0.3) is 5.91 Å². The molecule has 3 heterocycles. The lowest BCUT2D eigenvalue weighted by atomic mass is 9.85. The van der Waals surface area contributed by atoms with Crippen LogP contribution in [0.25, 0.3) is 0 Å². The van der Waals surface area contributed by atoms with Gasteiger partial charge in [0, 0.05) is 35.9 Å². The molecule has 0 saturated carbocycles. The molecule has 0 atom stereocenters. The SMILES string of the molecule is O=C1N(Cc2ccc(Cl)cc2)C(=O)C2(CCN(c3ncc(C(F)(F)F)cc3Cl)CC2)N1Cc1ccc(Cl)cc1. The van der Waals surface area contributed by atoms with Crippen molar-refractivity contribution >= 4 is 52.6 Å². The van der Waals surface area contributed by atoms with Crippen LogP contribution >= 0.6 is 34.8 Å². The summed E-state index contributed by atoms with van der Waals surface area (Å²) in [5.74, 6) is -0.110. The van der Waals surface area contributed by atoms with Crippen LogP contribution in [0.3, 0.4) is 0 Å². The summed E-state index contributed by atoms with van der Waals surface area (Å²) in [6, 6.07) is 14.4. The van der Waals surface area contributed by atoms with Gasteiger partial charge in [0.1, 0.15) is 11.4 Å². The monoisotopic (exact) mass is 596 g/mol. The van der Waals surface area contributed by atoms with Gasteiger partial charge >= 0.3 is 12.2 Å². The number of halogens is 6. The normalized spacial score (nSPS) is 17.4. The van der Waals surface area contributed by atoms with E-state index in [0.29, 0.717) is 10.0 Å². The number of imide groups is 1. The third kappa shape index (κ3) is 5.40. The Balaban J connectivity index is 1.42. The van der Waals surface area contributed by atoms with Gasteiger partial charge < -0.3 is 9.80 Å². The van der Waals surface area contributed by atoms with E-state index in [-0.39, 0.29) is 55.8 Å². The molecule has 1 aromatic heterocycles. The highest BCUT2D eigenvalue weighted by Crippen LogP contribution is 2.41. The molecule has 0 N–H and O–H groups in total. The molecular formula is C27H22Cl3F3N4O2. The highest BCUT2D eigenvalue weighted by Gasteiger charge is 2.58. The lowest BCUT2D eigenvalue weighted by molar-refractivity contribution is -0.138. The zero-order valence-corrected chi connectivity index (χ0v) is 22.7. The highest BCUT2D eigenvalue weighted by molar-refractivity contribution is 6.33. The number of carbonyl (C=O) groups is 2. The van der Waals surface area contributed by atoms with Crippen LogP contribution in [0.1, 0.15) is 29.5 Å². The molecule has 0 radical (unpaired) electrons. The van der Waals surface area contributed by atoms with Crippen LogP contribution in [-0.4, -0.2) is 45.4 Å². The van der Waals surface area contributed by atoms with Crippen LogP contribution in [0.4, 0.5) is 23.8 Å². The number of carbonyl (C=O) groups excluding carboxylic acids is 2. The molecule has 5 rings (SSSR count). The van der Waals surface area contributed by atoms with E-state index >= 15 is 0 Å². The van der Waals surface area contributed by atoms with E-state index < -0.39 is 23.3 Å². The summed E-state index contributed by atoms with van der Waals surface area (Å²) in [4.78, 5) is 36.2. The fourth-order valence-corrected chi connectivity index (χ4v) is 5.61. The molecule has 2 aliphatic heterocycles. The van der Waals surface area contributed by atoms with Gasteiger partial charge in [-0.05, 0) is 54.3 Å². The Bertz CT molecular complexity index is 1390. The van der Waals surface area contributed by atoms with Crippen molar-refractivity contribution in [2.75, 3.05) is 18.0 Å². The van der Waals surface area contributed by atoms with Gasteiger partial charge in [-0.3, -0.25) is 9.69 Å². The molecule has 0 aliphatic carbocycles. The van der Waals surface area contributed by atoms with Crippen molar-refractivity contribution in [2.45, 2.75) is 37.6 Å². The van der Waals surface area contributed by atoms with Crippen molar-refractivity contribution in [3.05, 3.63) is 92.6 Å². The standard InChI is InChI=1S/C27H22Cl3F3N4O2/c28-20-5-1-17(2-6-20)15-36-24(38)26(37(25(36)39)16-18-3-7-21(29)8-4-18)9-11-35(12-10-26)23-22(30)13-19(14-34-23)27(31,32)33/h1-8,13-14H,9-12,15-16H2. The Kier molecular flexibility index (Phi) is 7.43. The molecule has 0 bridgehead atoms. The van der Waals surface area contributed by atoms with Gasteiger partial charge in [-0.25, -0.2) is 9.78 Å². The number of benzene rings is 2. The minimum absolute atomic E-state index is 0.0870. The summed E-state index contributed by atoms with van der Waals surface area (Å²) in [6.07, 6.45) is -3.31. The average Bonchev–Trinajstić information content (AvgIpc) is 3.08. The minimum atomic E-state index is -4.56. The largest absolute Gasteiger partial charge is 0.417 e. The van der Waals surface area contributed by atoms with Crippen molar-refractivity contribution in [3.8, 4) is 0 Å². The minimum Gasteiger partial charge on any atom is -0.355 e. The molecule has 2 fully saturated rings. The lowest BCUT2D eigenvalue weighted by Crippen LogP contribution is -2.56. The van der Waals surface area contributed by atoms with E-state index in [1.807, 2.05) is 0 Å². The van der Waals surface area contributed by atoms with Crippen LogP contribution in [0.5, 0.6) is 0 Å². The molecule has 3 amide bonds. The van der Waals surface area contributed by atoms with E-state index in [0.717, 1.165) is 23.4 Å². The third-order valence-electron chi connectivity index (χ3n) is 7.17. The van der Waals surface area contributed by atoms with Gasteiger partial charge in [0.15, 0.2) is 0 Å². The first kappa shape index (κ1) is 27.6. The number of aromatic nitrogens is 1. The predicted molar refractivity (Wildman–Crippen MR) is 143 cm³/mol. The molecule has 2 aliphatic rings. The maximum absolute atomic E-state index is 13.9. The Morgan fingerprint density at radius 2 is 1.38 bits per heavy atom. The highest BCUT2D eigenvalue weighted by atomic mass is 35.5. The smallest absolute Gasteiger partial charge is 0.355 e. The summed E-state index contributed by atoms with van der Waals surface area (Å²) < 4.78 is 39.2. The molecular weight excluding hydrogens is 576 g/mol. The van der Waals surface area contributed by atoms with Crippen molar-refractivity contribution in [1.29, 1.82) is 0 Å². The molecule has 0 unspecified atom stereocenters. The Hall–Kier alpha value is -3.01. The van der Waals surface area contributed by atoms with Crippen LogP contribution in [0.15, 0.2) is 60.8 Å². The quantitative estimate of drug-likeness (QED) is 0.296. The first-order valence-electron chi connectivity index (χ1n) is 12.1. The topological polar surface area (TPSA) is 56.8 Å². The Labute approximate surface area is 237 Å². The van der Waals surface area contributed by atoms with Gasteiger partial charge in [-0.1, -0.05) is 59.1 Å². The average molecular weight is 598 g/mol. The van der Waals surface area contributed by atoms with E-state index in [9.17, 15) is 22.8 Å². The molecule has 2 saturated heterocycles. The fourth-order valence-electron chi connectivity index (χ4n) is 5.08. The van der Waals surface area contributed by atoms with Crippen molar-refractivity contribution in [2.24, 2.45) is 0 Å². The van der Waals surface area contributed by atoms with Crippen LogP contribution in [-0.2, 0) is 24.1 Å². The van der Waals surface area contributed by atoms with Crippen LogP contribution < -0.4 is 4.90 Å². The van der Waals surface area contributed by atoms with Crippen LogP contribution in [0.2, 0.25) is 15.1 Å². The first-order valence-corrected chi connectivity index (χ1v) is 13.2. The van der Waals surface area contributed by atoms with Crippen LogP contribution in [0, 0.1) is 0 Å². The summed E-state index contributed by atoms with van der Waals surface area (Å²) in [5, 5.41) is 0.967. The van der Waals surface area contributed by atoms with E-state index in [4.69, 9.17) is 34.8 Å². The van der Waals surface area contributed by atoms with Gasteiger partial charge in [-0.2, -0.15) is 13.2 Å². The molecule has 39 heavy (non-hydrogen) atoms. The first-order chi connectivity index (χ1) is 18.5. The zero-order valence-electron chi connectivity index (χ0n) is 20.4. The van der Waals surface area contributed by atoms with Crippen molar-refractivity contribution in [3.63, 3.8) is 0 Å². The fraction of sp³-hybridized carbons (Fsp3) is 0.296. The summed E-state index contributed by atoms with van der Waals surface area (Å²) in [6.45, 7) is 0.813. The number of urea groups is 1. The predicted octanol–water partition coefficient (Wildman–Crippen LogP) is 7.06. The number of alkyl halides is 3. The molecule has 204 valence electrons. The molecule has 12 heteroatoms. The van der Waals surface area contributed by atoms with Gasteiger partial charge in [0.2, 0.25) is 0 Å². The maximum atomic E-state index is 13.9. The number of hydrogen-bond acceptors (Lipinski definition) is 4. The second-order valence-electron chi connectivity index (χ2n) is 9.56. The molecule has 6 nitrogen and oxygen atoms in total. The summed E-state index contributed by atoms with van der Waals surface area (Å²) in [5.41, 5.74) is -0.503. The van der Waals surface area contributed by atoms with E-state index in [2.05, 4.69) is 4.98 Å². The van der Waals surface area contributed by atoms with E-state index in [1.165, 1.54) is 4.90 Å². The second-order valence-corrected chi connectivity index (χ2v) is 10.8. The number of pyridine rings is 1. The number of nitrogens with zero attached hydrogens (tertiary/aromatic N) is 4. The summed E-state index contributed by atoms with van der Waals surface area (Å²) in [7, 11) is 0. The number of amides is 3. The number of piperidine rings is 1. The molecule has 2 aromatic carbocycles. The molecule has 3 aromatic rings. The van der Waals surface area contributed by atoms with Gasteiger partial charge in [0.05, 0.1) is 17.1 Å². The van der Waals surface area contributed by atoms with Gasteiger partial charge in [-0.15, -0.1) is 0 Å². The number of rotatable bonds is 5. The number of hydrogen-bond donors (Lipinski definition) is 0. The lowest BCUT2D eigenvalue weighted by Gasteiger charge is -2.42. The zero-order chi connectivity index (χ0) is 27.9. The van der Waals surface area contributed by atoms with Crippen molar-refractivity contribution in [1.82, 2.24) is 14.8 Å². The Morgan fingerprint density at radius 1 is 0.846 bits per heavy atom.